The molecule has 9 heteroatoms. The van der Waals surface area contributed by atoms with Gasteiger partial charge in [0, 0.05) is 11.5 Å². The summed E-state index contributed by atoms with van der Waals surface area (Å²) in [5.74, 6) is -0.0803. The van der Waals surface area contributed by atoms with Gasteiger partial charge in [-0.3, -0.25) is 4.79 Å². The van der Waals surface area contributed by atoms with Crippen molar-refractivity contribution in [3.63, 3.8) is 0 Å². The largest absolute Gasteiger partial charge is 0.493 e. The van der Waals surface area contributed by atoms with E-state index in [0.29, 0.717) is 12.2 Å². The molecule has 1 amide bonds. The predicted molar refractivity (Wildman–Crippen MR) is 132 cm³/mol. The van der Waals surface area contributed by atoms with Gasteiger partial charge in [-0.25, -0.2) is 15.2 Å². The number of H-pyrrole nitrogens is 1. The highest BCUT2D eigenvalue weighted by Gasteiger charge is 2.57. The Labute approximate surface area is 203 Å². The summed E-state index contributed by atoms with van der Waals surface area (Å²) in [6.45, 7) is 6.11. The molecule has 1 heterocycles. The van der Waals surface area contributed by atoms with Gasteiger partial charge in [-0.15, -0.1) is 0 Å². The first-order valence-electron chi connectivity index (χ1n) is 11.4. The highest BCUT2D eigenvalue weighted by Crippen LogP contribution is 2.59. The van der Waals surface area contributed by atoms with Crippen molar-refractivity contribution in [1.82, 2.24) is 15.4 Å². The Morgan fingerprint density at radius 2 is 1.91 bits per heavy atom. The van der Waals surface area contributed by atoms with Crippen LogP contribution in [0.1, 0.15) is 61.3 Å². The Bertz CT molecular complexity index is 1280. The van der Waals surface area contributed by atoms with E-state index in [-0.39, 0.29) is 28.7 Å². The number of hydrogen-bond acceptors (Lipinski definition) is 6. The van der Waals surface area contributed by atoms with E-state index in [4.69, 9.17) is 14.5 Å². The van der Waals surface area contributed by atoms with Crippen LogP contribution in [0.2, 0.25) is 0 Å². The molecule has 4 rings (SSSR count). The van der Waals surface area contributed by atoms with Crippen molar-refractivity contribution < 1.29 is 24.2 Å². The van der Waals surface area contributed by atoms with Gasteiger partial charge < -0.3 is 19.6 Å². The van der Waals surface area contributed by atoms with Crippen LogP contribution in [0.5, 0.6) is 11.5 Å². The molecule has 1 saturated carbocycles. The van der Waals surface area contributed by atoms with Crippen molar-refractivity contribution in [3.8, 4) is 11.5 Å². The van der Waals surface area contributed by atoms with E-state index in [0.717, 1.165) is 23.3 Å². The van der Waals surface area contributed by atoms with Gasteiger partial charge in [-0.05, 0) is 42.5 Å². The van der Waals surface area contributed by atoms with E-state index in [2.05, 4.69) is 29.4 Å². The minimum atomic E-state index is -1.19. The van der Waals surface area contributed by atoms with Crippen molar-refractivity contribution in [3.05, 3.63) is 53.3 Å². The molecule has 2 unspecified atom stereocenters. The van der Waals surface area contributed by atoms with E-state index in [1.165, 1.54) is 20.4 Å². The topological polar surface area (TPSA) is 126 Å². The van der Waals surface area contributed by atoms with Crippen LogP contribution in [0.25, 0.3) is 11.0 Å². The van der Waals surface area contributed by atoms with Gasteiger partial charge in [0.1, 0.15) is 11.4 Å². The molecule has 1 fully saturated rings. The molecule has 2 aromatic carbocycles. The number of ether oxygens (including phenoxy) is 2. The Morgan fingerprint density at radius 1 is 1.17 bits per heavy atom. The molecule has 3 aromatic rings. The molecule has 0 aliphatic heterocycles. The van der Waals surface area contributed by atoms with Gasteiger partial charge in [0.25, 0.3) is 0 Å². The van der Waals surface area contributed by atoms with Crippen LogP contribution in [0, 0.1) is 10.8 Å². The molecule has 1 aliphatic rings. The molecule has 184 valence electrons. The lowest BCUT2D eigenvalue weighted by atomic mass is 9.65. The molecule has 2 atom stereocenters. The number of aromatic amines is 1. The van der Waals surface area contributed by atoms with Gasteiger partial charge in [-0.2, -0.15) is 5.10 Å². The molecule has 1 aliphatic carbocycles. The molecular formula is C26H30N4O5. The zero-order chi connectivity index (χ0) is 25.4. The minimum Gasteiger partial charge on any atom is -0.493 e. The fourth-order valence-corrected chi connectivity index (χ4v) is 5.08. The van der Waals surface area contributed by atoms with Gasteiger partial charge in [-0.1, -0.05) is 32.9 Å². The van der Waals surface area contributed by atoms with Crippen molar-refractivity contribution >= 4 is 29.1 Å². The number of carbonyl (C=O) groups is 2. The molecule has 9 nitrogen and oxygen atoms in total. The third kappa shape index (κ3) is 4.00. The van der Waals surface area contributed by atoms with Crippen LogP contribution < -0.4 is 14.9 Å². The standard InChI is InChI=1S/C26H30N4O5/c1-25(2)16(22-28-17-8-6-7-9-18(17)29-22)12-13-26(25,3)24(33)30-27-14-15-10-11-19(34-4)21(35-5)20(15)23(31)32/h6-11,14,16H,12-13H2,1-5H3,(H,28,29)(H,30,33)(H,31,32). The SMILES string of the molecule is COc1ccc(C=NNC(=O)C2(C)CCC(c3nc4ccccc4[nH]3)C2(C)C)c(C(=O)O)c1OC. The first-order chi connectivity index (χ1) is 16.6. The second kappa shape index (κ2) is 9.05. The fourth-order valence-electron chi connectivity index (χ4n) is 5.08. The maximum absolute atomic E-state index is 13.3. The van der Waals surface area contributed by atoms with Crippen LogP contribution in [-0.2, 0) is 4.79 Å². The number of methoxy groups -OCH3 is 2. The monoisotopic (exact) mass is 478 g/mol. The number of aromatic nitrogens is 2. The molecule has 3 N–H and O–H groups in total. The summed E-state index contributed by atoms with van der Waals surface area (Å²) < 4.78 is 10.4. The summed E-state index contributed by atoms with van der Waals surface area (Å²) in [6.07, 6.45) is 2.78. The summed E-state index contributed by atoms with van der Waals surface area (Å²) in [5, 5.41) is 13.8. The number of rotatable bonds is 7. The number of fused-ring (bicyclic) bond motifs is 1. The average Bonchev–Trinajstić information content (AvgIpc) is 3.36. The van der Waals surface area contributed by atoms with Gasteiger partial charge in [0.2, 0.25) is 5.91 Å². The maximum atomic E-state index is 13.3. The van der Waals surface area contributed by atoms with Gasteiger partial charge >= 0.3 is 5.97 Å². The van der Waals surface area contributed by atoms with Crippen LogP contribution in [0.15, 0.2) is 41.5 Å². The average molecular weight is 479 g/mol. The summed E-state index contributed by atoms with van der Waals surface area (Å²) in [7, 11) is 2.80. The predicted octanol–water partition coefficient (Wildman–Crippen LogP) is 4.34. The normalized spacial score (nSPS) is 21.3. The molecule has 1 aromatic heterocycles. The number of amides is 1. The number of para-hydroxylation sites is 2. The van der Waals surface area contributed by atoms with Crippen LogP contribution in [0.4, 0.5) is 0 Å². The number of nitrogens with zero attached hydrogens (tertiary/aromatic N) is 2. The van der Waals surface area contributed by atoms with Crippen molar-refractivity contribution in [2.75, 3.05) is 14.2 Å². The number of hydrazone groups is 1. The first-order valence-corrected chi connectivity index (χ1v) is 11.4. The van der Waals surface area contributed by atoms with Crippen LogP contribution >= 0.6 is 0 Å². The molecular weight excluding hydrogens is 448 g/mol. The number of carboxylic acid groups (broad SMARTS) is 1. The summed E-state index contributed by atoms with van der Waals surface area (Å²) >= 11 is 0. The maximum Gasteiger partial charge on any atom is 0.340 e. The van der Waals surface area contributed by atoms with Gasteiger partial charge in [0.15, 0.2) is 11.5 Å². The lowest BCUT2D eigenvalue weighted by Crippen LogP contribution is -2.45. The lowest BCUT2D eigenvalue weighted by molar-refractivity contribution is -0.135. The van der Waals surface area contributed by atoms with E-state index in [1.54, 1.807) is 12.1 Å². The van der Waals surface area contributed by atoms with Crippen LogP contribution in [0.3, 0.4) is 0 Å². The third-order valence-electron chi connectivity index (χ3n) is 7.63. The number of carbonyl (C=O) groups excluding carboxylic acids is 1. The number of aromatic carboxylic acids is 1. The summed E-state index contributed by atoms with van der Waals surface area (Å²) in [6, 6.07) is 11.0. The molecule has 35 heavy (non-hydrogen) atoms. The Morgan fingerprint density at radius 3 is 2.57 bits per heavy atom. The third-order valence-corrected chi connectivity index (χ3v) is 7.63. The number of nitrogens with one attached hydrogen (secondary N) is 2. The smallest absolute Gasteiger partial charge is 0.340 e. The van der Waals surface area contributed by atoms with E-state index in [9.17, 15) is 14.7 Å². The minimum absolute atomic E-state index is 0.0686. The van der Waals surface area contributed by atoms with E-state index >= 15 is 0 Å². The van der Waals surface area contributed by atoms with Crippen molar-refractivity contribution in [1.29, 1.82) is 0 Å². The second-order valence-electron chi connectivity index (χ2n) is 9.55. The number of carboxylic acids is 1. The zero-order valence-electron chi connectivity index (χ0n) is 20.5. The first kappa shape index (κ1) is 24.3. The van der Waals surface area contributed by atoms with Crippen LogP contribution in [-0.4, -0.2) is 47.4 Å². The second-order valence-corrected chi connectivity index (χ2v) is 9.55. The molecule has 0 bridgehead atoms. The van der Waals surface area contributed by atoms with E-state index in [1.807, 2.05) is 31.2 Å². The zero-order valence-corrected chi connectivity index (χ0v) is 20.5. The highest BCUT2D eigenvalue weighted by atomic mass is 16.5. The number of hydrogen-bond donors (Lipinski definition) is 3. The van der Waals surface area contributed by atoms with E-state index < -0.39 is 16.8 Å². The fraction of sp³-hybridized carbons (Fsp3) is 0.385. The Balaban J connectivity index is 1.56. The summed E-state index contributed by atoms with van der Waals surface area (Å²) in [5.41, 5.74) is 3.59. The summed E-state index contributed by atoms with van der Waals surface area (Å²) in [4.78, 5) is 33.4. The molecule has 0 saturated heterocycles. The molecule has 0 radical (unpaired) electrons. The van der Waals surface area contributed by atoms with Crippen molar-refractivity contribution in [2.45, 2.75) is 39.5 Å². The van der Waals surface area contributed by atoms with Crippen molar-refractivity contribution in [2.24, 2.45) is 15.9 Å². The number of benzene rings is 2. The molecule has 0 spiro atoms. The Hall–Kier alpha value is -3.88. The lowest BCUT2D eigenvalue weighted by Gasteiger charge is -2.39. The number of imidazole rings is 1. The quantitative estimate of drug-likeness (QED) is 0.343. The van der Waals surface area contributed by atoms with Gasteiger partial charge in [0.05, 0.1) is 36.9 Å². The highest BCUT2D eigenvalue weighted by molar-refractivity contribution is 6.02. The Kier molecular flexibility index (Phi) is 6.27.